The number of amides is 2. The maximum absolute atomic E-state index is 12.0. The van der Waals surface area contributed by atoms with Gasteiger partial charge in [0.2, 0.25) is 11.8 Å². The van der Waals surface area contributed by atoms with Crippen molar-refractivity contribution in [2.45, 2.75) is 44.2 Å². The summed E-state index contributed by atoms with van der Waals surface area (Å²) in [5.41, 5.74) is -0.816. The van der Waals surface area contributed by atoms with E-state index >= 15 is 0 Å². The standard InChI is InChI=1S/C16H29N3O4/c1-13(20)17-14-3-7-18(8-4-14)11-16(22)6-9-19(12-16)15(21)5-10-23-2/h14,22H,3-12H2,1-2H3,(H,17,20)/t16-/m0/s1. The summed E-state index contributed by atoms with van der Waals surface area (Å²) < 4.78 is 4.93. The number of piperidine rings is 1. The summed E-state index contributed by atoms with van der Waals surface area (Å²) in [5, 5.41) is 13.7. The fourth-order valence-corrected chi connectivity index (χ4v) is 3.48. The lowest BCUT2D eigenvalue weighted by atomic mass is 9.99. The molecule has 0 spiro atoms. The van der Waals surface area contributed by atoms with E-state index in [0.29, 0.717) is 39.1 Å². The molecule has 2 amide bonds. The number of β-amino-alcohol motifs (C(OH)–C–C–N with tert-alkyl or cyclic N) is 1. The monoisotopic (exact) mass is 327 g/mol. The lowest BCUT2D eigenvalue weighted by Crippen LogP contribution is -2.50. The quantitative estimate of drug-likeness (QED) is 0.693. The molecular weight excluding hydrogens is 298 g/mol. The average molecular weight is 327 g/mol. The van der Waals surface area contributed by atoms with Crippen molar-refractivity contribution >= 4 is 11.8 Å². The second kappa shape index (κ2) is 8.08. The minimum absolute atomic E-state index is 0.0167. The maximum Gasteiger partial charge on any atom is 0.224 e. The van der Waals surface area contributed by atoms with Crippen LogP contribution in [0.5, 0.6) is 0 Å². The van der Waals surface area contributed by atoms with Crippen LogP contribution in [0.2, 0.25) is 0 Å². The van der Waals surface area contributed by atoms with Gasteiger partial charge in [-0.3, -0.25) is 9.59 Å². The van der Waals surface area contributed by atoms with E-state index in [1.165, 1.54) is 0 Å². The molecule has 2 fully saturated rings. The first-order valence-corrected chi connectivity index (χ1v) is 8.40. The molecule has 1 atom stereocenters. The minimum atomic E-state index is -0.816. The zero-order valence-corrected chi connectivity index (χ0v) is 14.2. The maximum atomic E-state index is 12.0. The van der Waals surface area contributed by atoms with E-state index in [1.807, 2.05) is 0 Å². The highest BCUT2D eigenvalue weighted by Crippen LogP contribution is 2.24. The Balaban J connectivity index is 1.75. The normalized spacial score (nSPS) is 26.5. The van der Waals surface area contributed by atoms with Gasteiger partial charge in [-0.05, 0) is 19.3 Å². The molecular formula is C16H29N3O4. The van der Waals surface area contributed by atoms with Crippen LogP contribution in [-0.4, -0.2) is 84.8 Å². The molecule has 2 saturated heterocycles. The molecule has 0 saturated carbocycles. The van der Waals surface area contributed by atoms with E-state index < -0.39 is 5.60 Å². The predicted octanol–water partition coefficient (Wildman–Crippen LogP) is -0.413. The Morgan fingerprint density at radius 3 is 2.61 bits per heavy atom. The molecule has 132 valence electrons. The van der Waals surface area contributed by atoms with Crippen molar-refractivity contribution in [2.75, 3.05) is 46.4 Å². The smallest absolute Gasteiger partial charge is 0.224 e. The van der Waals surface area contributed by atoms with Crippen molar-refractivity contribution in [3.05, 3.63) is 0 Å². The van der Waals surface area contributed by atoms with Gasteiger partial charge in [0.1, 0.15) is 0 Å². The third-order valence-corrected chi connectivity index (χ3v) is 4.72. The number of methoxy groups -OCH3 is 1. The van der Waals surface area contributed by atoms with Crippen LogP contribution in [0.25, 0.3) is 0 Å². The van der Waals surface area contributed by atoms with Gasteiger partial charge >= 0.3 is 0 Å². The van der Waals surface area contributed by atoms with E-state index in [0.717, 1.165) is 25.9 Å². The molecule has 2 aliphatic heterocycles. The number of nitrogens with one attached hydrogen (secondary N) is 1. The Labute approximate surface area is 138 Å². The largest absolute Gasteiger partial charge is 0.387 e. The first-order valence-electron chi connectivity index (χ1n) is 8.40. The number of ether oxygens (including phenoxy) is 1. The lowest BCUT2D eigenvalue weighted by molar-refractivity contribution is -0.132. The highest BCUT2D eigenvalue weighted by atomic mass is 16.5. The summed E-state index contributed by atoms with van der Waals surface area (Å²) in [7, 11) is 1.58. The van der Waals surface area contributed by atoms with Gasteiger partial charge in [-0.15, -0.1) is 0 Å². The van der Waals surface area contributed by atoms with Crippen molar-refractivity contribution < 1.29 is 19.4 Å². The first-order chi connectivity index (χ1) is 10.9. The molecule has 0 unspecified atom stereocenters. The molecule has 0 aromatic heterocycles. The summed E-state index contributed by atoms with van der Waals surface area (Å²) in [6.45, 7) is 5.30. The summed E-state index contributed by atoms with van der Waals surface area (Å²) in [6.07, 6.45) is 2.81. The Hall–Kier alpha value is -1.18. The number of hydrogen-bond donors (Lipinski definition) is 2. The van der Waals surface area contributed by atoms with E-state index in [2.05, 4.69) is 10.2 Å². The minimum Gasteiger partial charge on any atom is -0.387 e. The van der Waals surface area contributed by atoms with Gasteiger partial charge in [0.05, 0.1) is 25.2 Å². The Kier molecular flexibility index (Phi) is 6.38. The van der Waals surface area contributed by atoms with Gasteiger partial charge in [-0.2, -0.15) is 0 Å². The predicted molar refractivity (Wildman–Crippen MR) is 85.9 cm³/mol. The van der Waals surface area contributed by atoms with E-state index in [-0.39, 0.29) is 17.9 Å². The number of carbonyl (C=O) groups is 2. The third kappa shape index (κ3) is 5.44. The molecule has 2 aliphatic rings. The number of hydrogen-bond acceptors (Lipinski definition) is 5. The number of carbonyl (C=O) groups excluding carboxylic acids is 2. The van der Waals surface area contributed by atoms with Crippen molar-refractivity contribution in [3.63, 3.8) is 0 Å². The zero-order valence-electron chi connectivity index (χ0n) is 14.2. The highest BCUT2D eigenvalue weighted by molar-refractivity contribution is 5.76. The van der Waals surface area contributed by atoms with Gasteiger partial charge in [0.15, 0.2) is 0 Å². The SMILES string of the molecule is COCCC(=O)N1CC[C@](O)(CN2CCC(NC(C)=O)CC2)C1. The summed E-state index contributed by atoms with van der Waals surface area (Å²) in [4.78, 5) is 27.1. The van der Waals surface area contributed by atoms with Crippen LogP contribution >= 0.6 is 0 Å². The molecule has 7 heteroatoms. The van der Waals surface area contributed by atoms with Crippen molar-refractivity contribution in [3.8, 4) is 0 Å². The van der Waals surface area contributed by atoms with Crippen LogP contribution in [0.4, 0.5) is 0 Å². The van der Waals surface area contributed by atoms with Gasteiger partial charge < -0.3 is 25.0 Å². The molecule has 0 aliphatic carbocycles. The van der Waals surface area contributed by atoms with Crippen LogP contribution in [0.3, 0.4) is 0 Å². The average Bonchev–Trinajstić information content (AvgIpc) is 2.88. The van der Waals surface area contributed by atoms with Gasteiger partial charge in [-0.1, -0.05) is 0 Å². The molecule has 2 N–H and O–H groups in total. The molecule has 0 aromatic carbocycles. The molecule has 0 aromatic rings. The van der Waals surface area contributed by atoms with Crippen molar-refractivity contribution in [1.29, 1.82) is 0 Å². The van der Waals surface area contributed by atoms with Gasteiger partial charge in [-0.25, -0.2) is 0 Å². The van der Waals surface area contributed by atoms with Crippen LogP contribution in [0.15, 0.2) is 0 Å². The molecule has 2 rings (SSSR count). The molecule has 23 heavy (non-hydrogen) atoms. The van der Waals surface area contributed by atoms with Crippen molar-refractivity contribution in [2.24, 2.45) is 0 Å². The van der Waals surface area contributed by atoms with Crippen molar-refractivity contribution in [1.82, 2.24) is 15.1 Å². The molecule has 0 radical (unpaired) electrons. The first kappa shape index (κ1) is 18.2. The van der Waals surface area contributed by atoms with Gasteiger partial charge in [0, 0.05) is 46.3 Å². The van der Waals surface area contributed by atoms with Crippen LogP contribution in [0.1, 0.15) is 32.6 Å². The van der Waals surface area contributed by atoms with Crippen LogP contribution in [0, 0.1) is 0 Å². The highest BCUT2D eigenvalue weighted by Gasteiger charge is 2.39. The lowest BCUT2D eigenvalue weighted by Gasteiger charge is -2.36. The number of rotatable bonds is 6. The van der Waals surface area contributed by atoms with E-state index in [4.69, 9.17) is 4.74 Å². The second-order valence-electron chi connectivity index (χ2n) is 6.78. The van der Waals surface area contributed by atoms with Crippen LogP contribution < -0.4 is 5.32 Å². The Morgan fingerprint density at radius 1 is 1.30 bits per heavy atom. The zero-order chi connectivity index (χ0) is 16.9. The fraction of sp³-hybridized carbons (Fsp3) is 0.875. The molecule has 7 nitrogen and oxygen atoms in total. The summed E-state index contributed by atoms with van der Waals surface area (Å²) in [6, 6.07) is 0.245. The van der Waals surface area contributed by atoms with E-state index in [1.54, 1.807) is 18.9 Å². The third-order valence-electron chi connectivity index (χ3n) is 4.72. The molecule has 0 bridgehead atoms. The number of nitrogens with zero attached hydrogens (tertiary/aromatic N) is 2. The summed E-state index contributed by atoms with van der Waals surface area (Å²) >= 11 is 0. The van der Waals surface area contributed by atoms with Crippen LogP contribution in [-0.2, 0) is 14.3 Å². The Bertz CT molecular complexity index is 424. The topological polar surface area (TPSA) is 82.1 Å². The Morgan fingerprint density at radius 2 is 2.00 bits per heavy atom. The van der Waals surface area contributed by atoms with Gasteiger partial charge in [0.25, 0.3) is 0 Å². The number of likely N-dealkylation sites (tertiary alicyclic amines) is 2. The van der Waals surface area contributed by atoms with E-state index in [9.17, 15) is 14.7 Å². The number of aliphatic hydroxyl groups is 1. The fourth-order valence-electron chi connectivity index (χ4n) is 3.48. The summed E-state index contributed by atoms with van der Waals surface area (Å²) in [5.74, 6) is 0.0650. The molecule has 2 heterocycles. The second-order valence-corrected chi connectivity index (χ2v) is 6.78.